The summed E-state index contributed by atoms with van der Waals surface area (Å²) in [6.07, 6.45) is 0. The summed E-state index contributed by atoms with van der Waals surface area (Å²) in [6.45, 7) is 4.62. The summed E-state index contributed by atoms with van der Waals surface area (Å²) in [4.78, 5) is 0. The molecule has 0 saturated heterocycles. The zero-order chi connectivity index (χ0) is 8.78. The van der Waals surface area contributed by atoms with Crippen LogP contribution < -0.4 is 0 Å². The first-order chi connectivity index (χ1) is 4.27. The number of nitrogens with one attached hydrogen (secondary N) is 1. The van der Waals surface area contributed by atoms with Crippen LogP contribution in [0, 0.1) is 5.92 Å². The van der Waals surface area contributed by atoms with Gasteiger partial charge >= 0.3 is 49.6 Å². The van der Waals surface area contributed by atoms with Crippen molar-refractivity contribution in [2.75, 3.05) is 6.54 Å². The molecule has 0 atom stereocenters. The fourth-order valence-corrected chi connectivity index (χ4v) is 0. The zero-order valence-corrected chi connectivity index (χ0v) is 10.9. The van der Waals surface area contributed by atoms with Crippen molar-refractivity contribution in [3.63, 3.8) is 0 Å². The molecular formula is C4H10Cl4NPt-. The first-order valence-corrected chi connectivity index (χ1v) is 13.7. The molecule has 0 spiro atoms. The summed E-state index contributed by atoms with van der Waals surface area (Å²) in [5.41, 5.74) is 6.66. The third-order valence-electron chi connectivity index (χ3n) is 0.408. The molecule has 0 amide bonds. The van der Waals surface area contributed by atoms with Gasteiger partial charge in [0.05, 0.1) is 0 Å². The van der Waals surface area contributed by atoms with Gasteiger partial charge in [0.1, 0.15) is 0 Å². The molecule has 0 aliphatic rings. The van der Waals surface area contributed by atoms with Crippen LogP contribution >= 0.6 is 37.7 Å². The number of halogens is 4. The SMILES string of the molecule is CC(C)C[NH-].[Cl][Pt]([Cl])([Cl])[Cl]. The molecule has 1 N–H and O–H groups in total. The summed E-state index contributed by atoms with van der Waals surface area (Å²) in [5.74, 6) is 0.551. The topological polar surface area (TPSA) is 23.8 Å². The molecule has 0 aliphatic heterocycles. The maximum atomic E-state index is 6.66. The Morgan fingerprint density at radius 3 is 1.30 bits per heavy atom. The second-order valence-corrected chi connectivity index (χ2v) is 21.6. The molecule has 70 valence electrons. The quantitative estimate of drug-likeness (QED) is 0.612. The molecule has 0 radical (unpaired) electrons. The van der Waals surface area contributed by atoms with Crippen LogP contribution in [-0.2, 0) is 11.9 Å². The van der Waals surface area contributed by atoms with Crippen molar-refractivity contribution in [3.8, 4) is 0 Å². The van der Waals surface area contributed by atoms with Gasteiger partial charge in [0.25, 0.3) is 0 Å². The summed E-state index contributed by atoms with van der Waals surface area (Å²) < 4.78 is 0. The zero-order valence-electron chi connectivity index (χ0n) is 5.61. The van der Waals surface area contributed by atoms with Crippen LogP contribution in [0.15, 0.2) is 0 Å². The third-order valence-corrected chi connectivity index (χ3v) is 0.408. The molecule has 0 unspecified atom stereocenters. The van der Waals surface area contributed by atoms with E-state index in [1.54, 1.807) is 0 Å². The van der Waals surface area contributed by atoms with Gasteiger partial charge in [-0.3, -0.25) is 0 Å². The summed E-state index contributed by atoms with van der Waals surface area (Å²) in [5, 5.41) is 0. The Balaban J connectivity index is 0. The van der Waals surface area contributed by atoms with Gasteiger partial charge in [0.15, 0.2) is 0 Å². The first kappa shape index (κ1) is 14.3. The molecular weight excluding hydrogens is 399 g/mol. The number of hydrogen-bond acceptors (Lipinski definition) is 0. The van der Waals surface area contributed by atoms with E-state index in [-0.39, 0.29) is 0 Å². The van der Waals surface area contributed by atoms with Crippen molar-refractivity contribution in [1.29, 1.82) is 0 Å². The molecule has 0 fully saturated rings. The number of rotatable bonds is 1. The first-order valence-electron chi connectivity index (χ1n) is 2.39. The van der Waals surface area contributed by atoms with E-state index >= 15 is 0 Å². The minimum absolute atomic E-state index is 0.551. The Hall–Kier alpha value is 1.81. The number of hydrogen-bond donors (Lipinski definition) is 0. The molecule has 0 heterocycles. The molecule has 0 aliphatic carbocycles. The van der Waals surface area contributed by atoms with Crippen molar-refractivity contribution >= 4 is 37.7 Å². The summed E-state index contributed by atoms with van der Waals surface area (Å²) >= 11 is -3.06. The predicted molar refractivity (Wildman–Crippen MR) is 47.4 cm³/mol. The minimum atomic E-state index is -3.06. The van der Waals surface area contributed by atoms with Gasteiger partial charge in [-0.25, -0.2) is 0 Å². The Labute approximate surface area is 81.0 Å². The normalized spacial score (nSPS) is 12.4. The van der Waals surface area contributed by atoms with Crippen LogP contribution in [0.1, 0.15) is 13.8 Å². The third kappa shape index (κ3) is 52.5. The predicted octanol–water partition coefficient (Wildman–Crippen LogP) is 4.45. The molecule has 6 heteroatoms. The molecule has 0 aromatic heterocycles. The van der Waals surface area contributed by atoms with Crippen LogP contribution in [0.25, 0.3) is 5.73 Å². The Bertz CT molecular complexity index is 66.1. The molecule has 1 nitrogen and oxygen atoms in total. The monoisotopic (exact) mass is 407 g/mol. The van der Waals surface area contributed by atoms with Crippen LogP contribution in [-0.4, -0.2) is 6.54 Å². The van der Waals surface area contributed by atoms with E-state index < -0.39 is 11.9 Å². The van der Waals surface area contributed by atoms with Gasteiger partial charge in [0, 0.05) is 0 Å². The summed E-state index contributed by atoms with van der Waals surface area (Å²) in [7, 11) is 20.0. The van der Waals surface area contributed by atoms with Gasteiger partial charge in [-0.2, -0.15) is 0 Å². The summed E-state index contributed by atoms with van der Waals surface area (Å²) in [6, 6.07) is 0. The Kier molecular flexibility index (Phi) is 10.7. The average molecular weight is 409 g/mol. The van der Waals surface area contributed by atoms with Gasteiger partial charge in [-0.05, 0) is 0 Å². The van der Waals surface area contributed by atoms with E-state index in [2.05, 4.69) is 0 Å². The van der Waals surface area contributed by atoms with Crippen LogP contribution in [0.5, 0.6) is 0 Å². The molecule has 0 aromatic carbocycles. The Morgan fingerprint density at radius 1 is 1.20 bits per heavy atom. The molecule has 10 heavy (non-hydrogen) atoms. The standard InChI is InChI=1S/C4H10N.4ClH.Pt/c1-4(2)3-5;;;;;/h4-5H,3H2,1-2H3;4*1H;/q-1;;;;;+4/p-4. The second-order valence-electron chi connectivity index (χ2n) is 1.87. The molecule has 0 aromatic rings. The fourth-order valence-electron chi connectivity index (χ4n) is 0. The van der Waals surface area contributed by atoms with Crippen molar-refractivity contribution < 1.29 is 11.9 Å². The molecule has 0 saturated carbocycles. The van der Waals surface area contributed by atoms with Gasteiger partial charge in [-0.15, -0.1) is 6.54 Å². The van der Waals surface area contributed by atoms with Gasteiger partial charge < -0.3 is 5.73 Å². The van der Waals surface area contributed by atoms with Crippen molar-refractivity contribution in [2.45, 2.75) is 13.8 Å². The molecule has 0 rings (SSSR count). The fraction of sp³-hybridized carbons (Fsp3) is 1.00. The van der Waals surface area contributed by atoms with Gasteiger partial charge in [0.2, 0.25) is 0 Å². The van der Waals surface area contributed by atoms with E-state index in [4.69, 9.17) is 43.4 Å². The second kappa shape index (κ2) is 7.46. The van der Waals surface area contributed by atoms with Crippen molar-refractivity contribution in [3.05, 3.63) is 5.73 Å². The van der Waals surface area contributed by atoms with Gasteiger partial charge in [-0.1, -0.05) is 19.8 Å². The van der Waals surface area contributed by atoms with E-state index in [0.29, 0.717) is 12.5 Å². The Morgan fingerprint density at radius 2 is 1.30 bits per heavy atom. The van der Waals surface area contributed by atoms with E-state index in [1.165, 1.54) is 0 Å². The van der Waals surface area contributed by atoms with Crippen LogP contribution in [0.3, 0.4) is 0 Å². The van der Waals surface area contributed by atoms with E-state index in [0.717, 1.165) is 0 Å². The van der Waals surface area contributed by atoms with Crippen molar-refractivity contribution in [2.24, 2.45) is 5.92 Å². The molecule has 0 bridgehead atoms. The van der Waals surface area contributed by atoms with E-state index in [9.17, 15) is 0 Å². The maximum absolute atomic E-state index is 6.66. The average Bonchev–Trinajstić information content (AvgIpc) is 1.61. The van der Waals surface area contributed by atoms with Crippen LogP contribution in [0.2, 0.25) is 0 Å². The van der Waals surface area contributed by atoms with Crippen molar-refractivity contribution in [1.82, 2.24) is 0 Å². The van der Waals surface area contributed by atoms with Crippen LogP contribution in [0.4, 0.5) is 0 Å². The van der Waals surface area contributed by atoms with E-state index in [1.807, 2.05) is 13.8 Å².